The normalized spacial score (nSPS) is 17.6. The van der Waals surface area contributed by atoms with Crippen LogP contribution in [-0.4, -0.2) is 37.9 Å². The second kappa shape index (κ2) is 10.6. The van der Waals surface area contributed by atoms with Crippen molar-refractivity contribution < 1.29 is 19.0 Å². The Morgan fingerprint density at radius 1 is 1.29 bits per heavy atom. The molecular formula is C22H24ClN3O4S. The van der Waals surface area contributed by atoms with Crippen molar-refractivity contribution in [1.29, 1.82) is 0 Å². The minimum Gasteiger partial charge on any atom is -0.496 e. The van der Waals surface area contributed by atoms with Crippen LogP contribution in [0.2, 0.25) is 5.02 Å². The van der Waals surface area contributed by atoms with Crippen LogP contribution in [0.5, 0.6) is 11.5 Å². The maximum atomic E-state index is 12.4. The molecule has 0 saturated carbocycles. The van der Waals surface area contributed by atoms with Crippen molar-refractivity contribution in [1.82, 2.24) is 5.43 Å². The lowest BCUT2D eigenvalue weighted by molar-refractivity contribution is -0.142. The second-order valence-corrected chi connectivity index (χ2v) is 8.35. The molecule has 0 bridgehead atoms. The van der Waals surface area contributed by atoms with Gasteiger partial charge in [0.2, 0.25) is 0 Å². The first-order chi connectivity index (χ1) is 15.0. The molecule has 0 amide bonds. The van der Waals surface area contributed by atoms with Crippen molar-refractivity contribution in [2.45, 2.75) is 16.9 Å². The standard InChI is InChI=1S/C22H24ClN3O4S/c1-4-10-30-19(27)12-18-22(26-24)25-15-9-8-13(23)11-14(15)21(31-18)20-16(28-2)6-5-7-17(20)29-3/h4-9,11,18,21H,1,10,12,24H2,2-3H3,(H,25,26)/t18-,21+/m1/s1. The molecule has 1 aliphatic rings. The summed E-state index contributed by atoms with van der Waals surface area (Å²) in [5, 5.41) is -0.140. The van der Waals surface area contributed by atoms with Gasteiger partial charge >= 0.3 is 5.97 Å². The number of carbonyl (C=O) groups excluding carboxylic acids is 1. The van der Waals surface area contributed by atoms with Crippen LogP contribution in [0.25, 0.3) is 0 Å². The number of hydrazine groups is 1. The minimum atomic E-state index is -0.409. The van der Waals surface area contributed by atoms with Gasteiger partial charge in [0, 0.05) is 5.02 Å². The number of nitrogens with two attached hydrogens (primary N) is 1. The molecule has 0 fully saturated rings. The number of hydrogen-bond donors (Lipinski definition) is 2. The predicted molar refractivity (Wildman–Crippen MR) is 124 cm³/mol. The summed E-state index contributed by atoms with van der Waals surface area (Å²) in [6.07, 6.45) is 1.59. The van der Waals surface area contributed by atoms with Crippen molar-refractivity contribution in [3.05, 3.63) is 65.2 Å². The zero-order chi connectivity index (χ0) is 22.4. The Labute approximate surface area is 190 Å². The highest BCUT2D eigenvalue weighted by atomic mass is 35.5. The first-order valence-electron chi connectivity index (χ1n) is 9.49. The molecule has 1 aliphatic heterocycles. The van der Waals surface area contributed by atoms with E-state index >= 15 is 0 Å². The number of thioether (sulfide) groups is 1. The van der Waals surface area contributed by atoms with Gasteiger partial charge in [-0.05, 0) is 35.9 Å². The fourth-order valence-corrected chi connectivity index (χ4v) is 5.03. The van der Waals surface area contributed by atoms with Gasteiger partial charge in [0.15, 0.2) is 0 Å². The summed E-state index contributed by atoms with van der Waals surface area (Å²) in [5.41, 5.74) is 5.01. The Balaban J connectivity index is 2.14. The predicted octanol–water partition coefficient (Wildman–Crippen LogP) is 4.17. The highest BCUT2D eigenvalue weighted by molar-refractivity contribution is 8.01. The third-order valence-electron chi connectivity index (χ3n) is 4.71. The average Bonchev–Trinajstić information content (AvgIpc) is 2.93. The number of halogens is 1. The molecule has 31 heavy (non-hydrogen) atoms. The molecule has 0 unspecified atom stereocenters. The van der Waals surface area contributed by atoms with Crippen molar-refractivity contribution in [3.8, 4) is 11.5 Å². The van der Waals surface area contributed by atoms with Gasteiger partial charge in [0.1, 0.15) is 23.9 Å². The number of aliphatic imine (C=N–C) groups is 1. The molecule has 0 aromatic heterocycles. The minimum absolute atomic E-state index is 0.0667. The SMILES string of the molecule is C=CCOC(=O)C[C@H]1S[C@H](c2c(OC)cccc2OC)c2cc(Cl)ccc2N=C1NN. The fraction of sp³-hybridized carbons (Fsp3) is 0.273. The zero-order valence-electron chi connectivity index (χ0n) is 17.3. The largest absolute Gasteiger partial charge is 0.496 e. The maximum Gasteiger partial charge on any atom is 0.307 e. The summed E-state index contributed by atoms with van der Waals surface area (Å²) in [6, 6.07) is 11.0. The summed E-state index contributed by atoms with van der Waals surface area (Å²) >= 11 is 7.83. The molecule has 9 heteroatoms. The first-order valence-corrected chi connectivity index (χ1v) is 10.8. The number of esters is 1. The van der Waals surface area contributed by atoms with Gasteiger partial charge in [-0.1, -0.05) is 30.3 Å². The lowest BCUT2D eigenvalue weighted by Crippen LogP contribution is -2.39. The van der Waals surface area contributed by atoms with E-state index in [2.05, 4.69) is 12.0 Å². The third-order valence-corrected chi connectivity index (χ3v) is 6.42. The summed E-state index contributed by atoms with van der Waals surface area (Å²) in [5.74, 6) is 7.17. The molecular weight excluding hydrogens is 438 g/mol. The number of amidine groups is 1. The van der Waals surface area contributed by atoms with E-state index in [-0.39, 0.29) is 24.2 Å². The van der Waals surface area contributed by atoms with Crippen LogP contribution in [0.15, 0.2) is 54.0 Å². The molecule has 2 atom stereocenters. The summed E-state index contributed by atoms with van der Waals surface area (Å²) < 4.78 is 16.5. The topological polar surface area (TPSA) is 95.2 Å². The number of methoxy groups -OCH3 is 2. The highest BCUT2D eigenvalue weighted by Crippen LogP contribution is 2.51. The van der Waals surface area contributed by atoms with Gasteiger partial charge < -0.3 is 19.6 Å². The summed E-state index contributed by atoms with van der Waals surface area (Å²) in [4.78, 5) is 17.1. The molecule has 164 valence electrons. The van der Waals surface area contributed by atoms with Crippen LogP contribution >= 0.6 is 23.4 Å². The number of nitrogens with zero attached hydrogens (tertiary/aromatic N) is 1. The molecule has 0 spiro atoms. The first kappa shape index (κ1) is 23.0. The van der Waals surface area contributed by atoms with E-state index in [9.17, 15) is 4.79 Å². The van der Waals surface area contributed by atoms with Crippen LogP contribution in [0.4, 0.5) is 5.69 Å². The van der Waals surface area contributed by atoms with Crippen molar-refractivity contribution >= 4 is 40.9 Å². The van der Waals surface area contributed by atoms with Crippen molar-refractivity contribution in [2.75, 3.05) is 20.8 Å². The molecule has 0 saturated heterocycles. The van der Waals surface area contributed by atoms with Crippen LogP contribution in [0, 0.1) is 0 Å². The number of ether oxygens (including phenoxy) is 3. The number of fused-ring (bicyclic) bond motifs is 1. The molecule has 0 radical (unpaired) electrons. The Bertz CT molecular complexity index is 976. The number of nitrogens with one attached hydrogen (secondary N) is 1. The Kier molecular flexibility index (Phi) is 7.84. The van der Waals surface area contributed by atoms with E-state index in [4.69, 9.17) is 36.6 Å². The van der Waals surface area contributed by atoms with E-state index in [0.29, 0.717) is 28.0 Å². The number of rotatable bonds is 7. The molecule has 2 aromatic rings. The summed E-state index contributed by atoms with van der Waals surface area (Å²) in [7, 11) is 3.21. The monoisotopic (exact) mass is 461 g/mol. The van der Waals surface area contributed by atoms with Crippen molar-refractivity contribution in [2.24, 2.45) is 10.8 Å². The Morgan fingerprint density at radius 2 is 2.00 bits per heavy atom. The van der Waals surface area contributed by atoms with E-state index < -0.39 is 5.25 Å². The Morgan fingerprint density at radius 3 is 2.61 bits per heavy atom. The zero-order valence-corrected chi connectivity index (χ0v) is 18.8. The smallest absolute Gasteiger partial charge is 0.307 e. The molecule has 3 rings (SSSR count). The van der Waals surface area contributed by atoms with Crippen LogP contribution in [0.3, 0.4) is 0 Å². The lowest BCUT2D eigenvalue weighted by atomic mass is 10.0. The van der Waals surface area contributed by atoms with Gasteiger partial charge in [-0.2, -0.15) is 0 Å². The van der Waals surface area contributed by atoms with Gasteiger partial charge in [-0.15, -0.1) is 11.8 Å². The third kappa shape index (κ3) is 5.15. The molecule has 3 N–H and O–H groups in total. The van der Waals surface area contributed by atoms with Crippen LogP contribution in [-0.2, 0) is 9.53 Å². The second-order valence-electron chi connectivity index (χ2n) is 6.60. The number of hydrogen-bond acceptors (Lipinski definition) is 8. The Hall–Kier alpha value is -2.68. The molecule has 1 heterocycles. The lowest BCUT2D eigenvalue weighted by Gasteiger charge is -2.25. The quantitative estimate of drug-likeness (QED) is 0.276. The van der Waals surface area contributed by atoms with E-state index in [1.807, 2.05) is 30.3 Å². The van der Waals surface area contributed by atoms with Gasteiger partial charge in [0.25, 0.3) is 0 Å². The highest BCUT2D eigenvalue weighted by Gasteiger charge is 2.34. The maximum absolute atomic E-state index is 12.4. The van der Waals surface area contributed by atoms with Gasteiger partial charge in [0.05, 0.1) is 42.4 Å². The van der Waals surface area contributed by atoms with Crippen molar-refractivity contribution in [3.63, 3.8) is 0 Å². The van der Waals surface area contributed by atoms with Gasteiger partial charge in [-0.3, -0.25) is 4.79 Å². The van der Waals surface area contributed by atoms with Crippen LogP contribution in [0.1, 0.15) is 22.8 Å². The molecule has 2 aromatic carbocycles. The summed E-state index contributed by atoms with van der Waals surface area (Å²) in [6.45, 7) is 3.71. The number of benzene rings is 2. The van der Waals surface area contributed by atoms with Gasteiger partial charge in [-0.25, -0.2) is 10.8 Å². The molecule has 0 aliphatic carbocycles. The van der Waals surface area contributed by atoms with E-state index in [1.165, 1.54) is 17.8 Å². The fourth-order valence-electron chi connectivity index (χ4n) is 3.34. The average molecular weight is 462 g/mol. The molecule has 7 nitrogen and oxygen atoms in total. The van der Waals surface area contributed by atoms with E-state index in [0.717, 1.165) is 11.1 Å². The van der Waals surface area contributed by atoms with Crippen LogP contribution < -0.4 is 20.7 Å². The van der Waals surface area contributed by atoms with E-state index in [1.54, 1.807) is 20.3 Å². The number of carbonyl (C=O) groups is 1.